The van der Waals surface area contributed by atoms with Gasteiger partial charge in [0.1, 0.15) is 5.38 Å². The van der Waals surface area contributed by atoms with E-state index in [1.165, 1.54) is 11.8 Å². The summed E-state index contributed by atoms with van der Waals surface area (Å²) >= 11 is 5.54. The average Bonchev–Trinajstić information content (AvgIpc) is 2.16. The van der Waals surface area contributed by atoms with E-state index >= 15 is 0 Å². The highest BCUT2D eigenvalue weighted by atomic mass is 35.5. The molecule has 0 aromatic carbocycles. The van der Waals surface area contributed by atoms with Crippen molar-refractivity contribution < 1.29 is 9.59 Å². The van der Waals surface area contributed by atoms with Gasteiger partial charge in [0.15, 0.2) is 0 Å². The highest BCUT2D eigenvalue weighted by Gasteiger charge is 2.27. The molecule has 0 rings (SSSR count). The third-order valence-corrected chi connectivity index (χ3v) is 2.87. The lowest BCUT2D eigenvalue weighted by Gasteiger charge is -2.34. The maximum atomic E-state index is 11.6. The molecule has 0 fully saturated rings. The number of alkyl halides is 1. The quantitative estimate of drug-likeness (QED) is 0.759. The molecule has 1 unspecified atom stereocenters. The predicted molar refractivity (Wildman–Crippen MR) is 61.0 cm³/mol. The fraction of sp³-hybridized carbons (Fsp3) is 0.800. The fourth-order valence-corrected chi connectivity index (χ4v) is 0.855. The second-order valence-corrected chi connectivity index (χ2v) is 4.79. The summed E-state index contributed by atoms with van der Waals surface area (Å²) < 4.78 is 0. The van der Waals surface area contributed by atoms with Crippen LogP contribution >= 0.6 is 11.6 Å². The van der Waals surface area contributed by atoms with Gasteiger partial charge in [-0.3, -0.25) is 10.1 Å². The highest BCUT2D eigenvalue weighted by molar-refractivity contribution is 6.31. The van der Waals surface area contributed by atoms with Crippen LogP contribution < -0.4 is 5.32 Å². The number of hydrogen-bond donors (Lipinski definition) is 1. The van der Waals surface area contributed by atoms with Crippen molar-refractivity contribution in [1.29, 1.82) is 0 Å². The molecule has 3 amide bonds. The van der Waals surface area contributed by atoms with Crippen molar-refractivity contribution in [3.05, 3.63) is 0 Å². The predicted octanol–water partition coefficient (Wildman–Crippen LogP) is 1.97. The van der Waals surface area contributed by atoms with Crippen LogP contribution in [0.1, 0.15) is 34.1 Å². The molecule has 4 nitrogen and oxygen atoms in total. The van der Waals surface area contributed by atoms with Gasteiger partial charge in [-0.05, 0) is 27.2 Å². The third kappa shape index (κ3) is 4.08. The number of nitrogens with one attached hydrogen (secondary N) is 1. The highest BCUT2D eigenvalue weighted by Crippen LogP contribution is 2.16. The van der Waals surface area contributed by atoms with Crippen molar-refractivity contribution in [2.45, 2.75) is 45.0 Å². The normalized spacial score (nSPS) is 13.2. The molecular formula is C10H19ClN2O2. The number of urea groups is 1. The molecule has 0 aliphatic rings. The molecule has 0 saturated heterocycles. The molecule has 0 aliphatic carbocycles. The first-order valence-electron chi connectivity index (χ1n) is 4.95. The van der Waals surface area contributed by atoms with Gasteiger partial charge in [-0.2, -0.15) is 0 Å². The van der Waals surface area contributed by atoms with E-state index in [-0.39, 0.29) is 5.54 Å². The second-order valence-electron chi connectivity index (χ2n) is 4.14. The molecule has 0 aliphatic heterocycles. The summed E-state index contributed by atoms with van der Waals surface area (Å²) in [6, 6.07) is -0.417. The van der Waals surface area contributed by atoms with Crippen molar-refractivity contribution in [3.8, 4) is 0 Å². The van der Waals surface area contributed by atoms with Crippen LogP contribution in [0.4, 0.5) is 4.79 Å². The van der Waals surface area contributed by atoms with Crippen molar-refractivity contribution in [3.63, 3.8) is 0 Å². The molecule has 1 atom stereocenters. The van der Waals surface area contributed by atoms with Gasteiger partial charge in [0.05, 0.1) is 0 Å². The Balaban J connectivity index is 4.41. The monoisotopic (exact) mass is 234 g/mol. The Kier molecular flexibility index (Phi) is 5.08. The number of hydrogen-bond acceptors (Lipinski definition) is 2. The maximum Gasteiger partial charge on any atom is 0.324 e. The Morgan fingerprint density at radius 3 is 2.27 bits per heavy atom. The van der Waals surface area contributed by atoms with Crippen LogP contribution in [0.25, 0.3) is 0 Å². The van der Waals surface area contributed by atoms with Crippen LogP contribution in [0.5, 0.6) is 0 Å². The van der Waals surface area contributed by atoms with E-state index in [9.17, 15) is 9.59 Å². The van der Waals surface area contributed by atoms with Crippen LogP contribution in [0.2, 0.25) is 0 Å². The molecule has 88 valence electrons. The Hall–Kier alpha value is -0.770. The molecule has 0 saturated carbocycles. The summed E-state index contributed by atoms with van der Waals surface area (Å²) in [5.74, 6) is -0.472. The topological polar surface area (TPSA) is 49.4 Å². The minimum absolute atomic E-state index is 0.278. The zero-order chi connectivity index (χ0) is 12.2. The molecule has 0 heterocycles. The summed E-state index contributed by atoms with van der Waals surface area (Å²) in [5.41, 5.74) is -0.278. The van der Waals surface area contributed by atoms with Gasteiger partial charge >= 0.3 is 6.03 Å². The SMILES string of the molecule is CCC(C)(C)N(C)C(=O)NC(=O)C(C)Cl. The largest absolute Gasteiger partial charge is 0.324 e. The first-order valence-corrected chi connectivity index (χ1v) is 5.38. The second kappa shape index (κ2) is 5.35. The van der Waals surface area contributed by atoms with E-state index in [1.807, 2.05) is 20.8 Å². The van der Waals surface area contributed by atoms with Gasteiger partial charge in [-0.25, -0.2) is 4.79 Å². The summed E-state index contributed by atoms with van der Waals surface area (Å²) in [5, 5.41) is 1.53. The van der Waals surface area contributed by atoms with Gasteiger partial charge in [-0.15, -0.1) is 11.6 Å². The van der Waals surface area contributed by atoms with Gasteiger partial charge in [0, 0.05) is 12.6 Å². The lowest BCUT2D eigenvalue weighted by Crippen LogP contribution is -2.51. The molecule has 0 aromatic rings. The molecule has 15 heavy (non-hydrogen) atoms. The minimum Gasteiger partial charge on any atom is -0.322 e. The smallest absolute Gasteiger partial charge is 0.322 e. The van der Waals surface area contributed by atoms with Crippen LogP contribution in [0.3, 0.4) is 0 Å². The molecular weight excluding hydrogens is 216 g/mol. The first-order chi connectivity index (χ1) is 6.72. The van der Waals surface area contributed by atoms with E-state index in [1.54, 1.807) is 7.05 Å². The van der Waals surface area contributed by atoms with Gasteiger partial charge in [-0.1, -0.05) is 6.92 Å². The van der Waals surface area contributed by atoms with Crippen molar-refractivity contribution in [2.75, 3.05) is 7.05 Å². The Morgan fingerprint density at radius 1 is 1.47 bits per heavy atom. The Labute approximate surface area is 96.0 Å². The van der Waals surface area contributed by atoms with Gasteiger partial charge < -0.3 is 4.90 Å². The lowest BCUT2D eigenvalue weighted by atomic mass is 10.0. The molecule has 0 aromatic heterocycles. The van der Waals surface area contributed by atoms with E-state index in [0.29, 0.717) is 0 Å². The van der Waals surface area contributed by atoms with E-state index in [2.05, 4.69) is 5.32 Å². The zero-order valence-corrected chi connectivity index (χ0v) is 10.7. The van der Waals surface area contributed by atoms with Gasteiger partial charge in [0.25, 0.3) is 0 Å². The molecule has 0 bridgehead atoms. The summed E-state index contributed by atoms with van der Waals surface area (Å²) in [6.45, 7) is 7.37. The van der Waals surface area contributed by atoms with Gasteiger partial charge in [0.2, 0.25) is 5.91 Å². The summed E-state index contributed by atoms with van der Waals surface area (Å²) in [4.78, 5) is 24.3. The van der Waals surface area contributed by atoms with Crippen molar-refractivity contribution >= 4 is 23.5 Å². The van der Waals surface area contributed by atoms with Crippen LogP contribution in [0, 0.1) is 0 Å². The number of nitrogens with zero attached hydrogens (tertiary/aromatic N) is 1. The van der Waals surface area contributed by atoms with Crippen molar-refractivity contribution in [1.82, 2.24) is 10.2 Å². The van der Waals surface area contributed by atoms with Crippen LogP contribution in [-0.4, -0.2) is 34.8 Å². The maximum absolute atomic E-state index is 11.6. The molecule has 5 heteroatoms. The zero-order valence-electron chi connectivity index (χ0n) is 9.93. The first kappa shape index (κ1) is 14.2. The third-order valence-electron chi connectivity index (χ3n) is 2.67. The number of carbonyl (C=O) groups excluding carboxylic acids is 2. The van der Waals surface area contributed by atoms with Crippen LogP contribution in [-0.2, 0) is 4.79 Å². The number of carbonyl (C=O) groups is 2. The van der Waals surface area contributed by atoms with Crippen LogP contribution in [0.15, 0.2) is 0 Å². The summed E-state index contributed by atoms with van der Waals surface area (Å²) in [7, 11) is 1.66. The molecule has 0 spiro atoms. The fourth-order valence-electron chi connectivity index (χ4n) is 0.801. The van der Waals surface area contributed by atoms with E-state index in [4.69, 9.17) is 11.6 Å². The molecule has 0 radical (unpaired) electrons. The number of rotatable bonds is 3. The molecule has 1 N–H and O–H groups in total. The number of imide groups is 1. The lowest BCUT2D eigenvalue weighted by molar-refractivity contribution is -0.119. The Morgan fingerprint density at radius 2 is 1.93 bits per heavy atom. The number of amides is 3. The van der Waals surface area contributed by atoms with E-state index in [0.717, 1.165) is 6.42 Å². The Bertz CT molecular complexity index is 252. The summed E-state index contributed by atoms with van der Waals surface area (Å²) in [6.07, 6.45) is 0.807. The average molecular weight is 235 g/mol. The standard InChI is InChI=1S/C10H19ClN2O2/c1-6-10(3,4)13(5)9(15)12-8(14)7(2)11/h7H,6H2,1-5H3,(H,12,14,15). The number of halogens is 1. The minimum atomic E-state index is -0.702. The van der Waals surface area contributed by atoms with Crippen molar-refractivity contribution in [2.24, 2.45) is 0 Å². The van der Waals surface area contributed by atoms with E-state index < -0.39 is 17.3 Å².